The van der Waals surface area contributed by atoms with Crippen molar-refractivity contribution in [2.75, 3.05) is 33.4 Å². The predicted octanol–water partition coefficient (Wildman–Crippen LogP) is 2.31. The highest BCUT2D eigenvalue weighted by molar-refractivity contribution is 6.31. The molecule has 0 spiro atoms. The van der Waals surface area contributed by atoms with E-state index in [1.54, 1.807) is 7.11 Å². The summed E-state index contributed by atoms with van der Waals surface area (Å²) in [4.78, 5) is 2.42. The van der Waals surface area contributed by atoms with Gasteiger partial charge in [-0.25, -0.2) is 0 Å². The molecule has 0 amide bonds. The molecule has 1 aliphatic rings. The van der Waals surface area contributed by atoms with E-state index in [0.29, 0.717) is 12.5 Å². The second kappa shape index (κ2) is 6.53. The Morgan fingerprint density at radius 2 is 2.28 bits per heavy atom. The molecule has 2 rings (SSSR count). The van der Waals surface area contributed by atoms with Crippen LogP contribution in [0.5, 0.6) is 0 Å². The topological polar surface area (TPSA) is 38.5 Å². The molecule has 18 heavy (non-hydrogen) atoms. The van der Waals surface area contributed by atoms with E-state index in [0.717, 1.165) is 30.3 Å². The second-order valence-electron chi connectivity index (χ2n) is 4.88. The number of nitrogens with two attached hydrogens (primary N) is 1. The van der Waals surface area contributed by atoms with Crippen molar-refractivity contribution < 1.29 is 4.74 Å². The van der Waals surface area contributed by atoms with Gasteiger partial charge in [0.25, 0.3) is 0 Å². The number of hydrogen-bond acceptors (Lipinski definition) is 3. The van der Waals surface area contributed by atoms with Crippen LogP contribution in [-0.4, -0.2) is 38.3 Å². The van der Waals surface area contributed by atoms with Crippen molar-refractivity contribution >= 4 is 11.6 Å². The summed E-state index contributed by atoms with van der Waals surface area (Å²) in [5.74, 6) is 0.617. The smallest absolute Gasteiger partial charge is 0.0503 e. The Hall–Kier alpha value is -0.610. The monoisotopic (exact) mass is 268 g/mol. The minimum atomic E-state index is 0.223. The lowest BCUT2D eigenvalue weighted by molar-refractivity contribution is 0.147. The van der Waals surface area contributed by atoms with Gasteiger partial charge < -0.3 is 10.5 Å². The maximum absolute atomic E-state index is 6.27. The molecule has 1 fully saturated rings. The molecule has 1 aromatic carbocycles. The van der Waals surface area contributed by atoms with E-state index in [1.165, 1.54) is 6.42 Å². The highest BCUT2D eigenvalue weighted by Crippen LogP contribution is 2.31. The average molecular weight is 269 g/mol. The van der Waals surface area contributed by atoms with E-state index in [4.69, 9.17) is 22.1 Å². The fraction of sp³-hybridized carbons (Fsp3) is 0.571. The zero-order valence-corrected chi connectivity index (χ0v) is 11.6. The van der Waals surface area contributed by atoms with Crippen LogP contribution in [-0.2, 0) is 4.74 Å². The van der Waals surface area contributed by atoms with Gasteiger partial charge in [0.2, 0.25) is 0 Å². The second-order valence-corrected chi connectivity index (χ2v) is 5.29. The molecule has 4 heteroatoms. The molecule has 0 aromatic heterocycles. The molecule has 0 aliphatic carbocycles. The molecule has 0 saturated carbocycles. The summed E-state index contributed by atoms with van der Waals surface area (Å²) in [5, 5.41) is 0.808. The number of likely N-dealkylation sites (tertiary alicyclic amines) is 1. The van der Waals surface area contributed by atoms with Crippen LogP contribution in [0.15, 0.2) is 24.3 Å². The minimum Gasteiger partial charge on any atom is -0.384 e. The van der Waals surface area contributed by atoms with Gasteiger partial charge >= 0.3 is 0 Å². The highest BCUT2D eigenvalue weighted by Gasteiger charge is 2.29. The lowest BCUT2D eigenvalue weighted by Crippen LogP contribution is -2.32. The summed E-state index contributed by atoms with van der Waals surface area (Å²) >= 11 is 6.27. The number of ether oxygens (including phenoxy) is 1. The molecular formula is C14H21ClN2O. The average Bonchev–Trinajstić information content (AvgIpc) is 2.82. The molecule has 0 radical (unpaired) electrons. The van der Waals surface area contributed by atoms with E-state index in [2.05, 4.69) is 11.0 Å². The van der Waals surface area contributed by atoms with Crippen molar-refractivity contribution in [1.29, 1.82) is 0 Å². The first-order chi connectivity index (χ1) is 8.76. The Bertz CT molecular complexity index is 386. The Labute approximate surface area is 114 Å². The van der Waals surface area contributed by atoms with Gasteiger partial charge in [-0.3, -0.25) is 4.90 Å². The standard InChI is InChI=1S/C14H21ClN2O/c1-18-10-11-6-7-17(9-11)14(8-16)12-4-2-3-5-13(12)15/h2-5,11,14H,6-10,16H2,1H3. The third-order valence-electron chi connectivity index (χ3n) is 3.65. The molecular weight excluding hydrogens is 248 g/mol. The van der Waals surface area contributed by atoms with Crippen LogP contribution in [0.25, 0.3) is 0 Å². The summed E-state index contributed by atoms with van der Waals surface area (Å²) in [5.41, 5.74) is 7.08. The number of rotatable bonds is 5. The summed E-state index contributed by atoms with van der Waals surface area (Å²) in [6, 6.07) is 8.20. The van der Waals surface area contributed by atoms with Gasteiger partial charge in [0.15, 0.2) is 0 Å². The van der Waals surface area contributed by atoms with Gasteiger partial charge in [-0.1, -0.05) is 29.8 Å². The van der Waals surface area contributed by atoms with Gasteiger partial charge in [0.05, 0.1) is 6.61 Å². The normalized spacial score (nSPS) is 22.3. The number of halogens is 1. The van der Waals surface area contributed by atoms with Crippen LogP contribution in [0.1, 0.15) is 18.0 Å². The van der Waals surface area contributed by atoms with Gasteiger partial charge in [-0.05, 0) is 30.5 Å². The fourth-order valence-electron chi connectivity index (χ4n) is 2.74. The molecule has 0 bridgehead atoms. The summed E-state index contributed by atoms with van der Waals surface area (Å²) in [6.07, 6.45) is 1.18. The third-order valence-corrected chi connectivity index (χ3v) is 3.99. The van der Waals surface area contributed by atoms with Gasteiger partial charge in [-0.15, -0.1) is 0 Å². The molecule has 1 saturated heterocycles. The lowest BCUT2D eigenvalue weighted by atomic mass is 10.1. The summed E-state index contributed by atoms with van der Waals surface area (Å²) in [7, 11) is 1.76. The zero-order chi connectivity index (χ0) is 13.0. The van der Waals surface area contributed by atoms with Crippen molar-refractivity contribution in [3.05, 3.63) is 34.9 Å². The van der Waals surface area contributed by atoms with Crippen molar-refractivity contribution in [2.45, 2.75) is 12.5 Å². The molecule has 1 aromatic rings. The van der Waals surface area contributed by atoms with Crippen molar-refractivity contribution in [3.8, 4) is 0 Å². The van der Waals surface area contributed by atoms with Crippen LogP contribution >= 0.6 is 11.6 Å². The van der Waals surface area contributed by atoms with Crippen LogP contribution < -0.4 is 5.73 Å². The van der Waals surface area contributed by atoms with Gasteiger partial charge in [-0.2, -0.15) is 0 Å². The molecule has 2 N–H and O–H groups in total. The highest BCUT2D eigenvalue weighted by atomic mass is 35.5. The first kappa shape index (κ1) is 13.8. The third kappa shape index (κ3) is 3.04. The van der Waals surface area contributed by atoms with E-state index >= 15 is 0 Å². The van der Waals surface area contributed by atoms with Crippen LogP contribution in [0.3, 0.4) is 0 Å². The van der Waals surface area contributed by atoms with Crippen LogP contribution in [0, 0.1) is 5.92 Å². The number of nitrogens with zero attached hydrogens (tertiary/aromatic N) is 1. The molecule has 1 heterocycles. The SMILES string of the molecule is COCC1CCN(C(CN)c2ccccc2Cl)C1. The van der Waals surface area contributed by atoms with E-state index in [9.17, 15) is 0 Å². The van der Waals surface area contributed by atoms with Crippen molar-refractivity contribution in [3.63, 3.8) is 0 Å². The minimum absolute atomic E-state index is 0.223. The summed E-state index contributed by atoms with van der Waals surface area (Å²) in [6.45, 7) is 3.54. The number of hydrogen-bond donors (Lipinski definition) is 1. The van der Waals surface area contributed by atoms with E-state index in [1.807, 2.05) is 18.2 Å². The first-order valence-electron chi connectivity index (χ1n) is 6.43. The van der Waals surface area contributed by atoms with E-state index in [-0.39, 0.29) is 6.04 Å². The Morgan fingerprint density at radius 3 is 2.94 bits per heavy atom. The lowest BCUT2D eigenvalue weighted by Gasteiger charge is -2.27. The quantitative estimate of drug-likeness (QED) is 0.891. The zero-order valence-electron chi connectivity index (χ0n) is 10.8. The number of methoxy groups -OCH3 is 1. The molecule has 100 valence electrons. The van der Waals surface area contributed by atoms with Crippen LogP contribution in [0.4, 0.5) is 0 Å². The Kier molecular flexibility index (Phi) is 5.01. The predicted molar refractivity (Wildman–Crippen MR) is 74.8 cm³/mol. The summed E-state index contributed by atoms with van der Waals surface area (Å²) < 4.78 is 5.23. The van der Waals surface area contributed by atoms with Crippen LogP contribution in [0.2, 0.25) is 5.02 Å². The fourth-order valence-corrected chi connectivity index (χ4v) is 3.00. The van der Waals surface area contributed by atoms with Gasteiger partial charge in [0.1, 0.15) is 0 Å². The molecule has 3 nitrogen and oxygen atoms in total. The van der Waals surface area contributed by atoms with E-state index < -0.39 is 0 Å². The first-order valence-corrected chi connectivity index (χ1v) is 6.81. The molecule has 2 atom stereocenters. The largest absolute Gasteiger partial charge is 0.384 e. The van der Waals surface area contributed by atoms with Crippen molar-refractivity contribution in [2.24, 2.45) is 11.7 Å². The number of benzene rings is 1. The Balaban J connectivity index is 2.08. The maximum atomic E-state index is 6.27. The van der Waals surface area contributed by atoms with Crippen molar-refractivity contribution in [1.82, 2.24) is 4.90 Å². The molecule has 2 unspecified atom stereocenters. The molecule has 1 aliphatic heterocycles. The van der Waals surface area contributed by atoms with Gasteiger partial charge in [0, 0.05) is 31.3 Å². The Morgan fingerprint density at radius 1 is 1.50 bits per heavy atom. The maximum Gasteiger partial charge on any atom is 0.0503 e.